The number of ether oxygens (including phenoxy) is 1. The zero-order valence-electron chi connectivity index (χ0n) is 12.6. The van der Waals surface area contributed by atoms with Crippen molar-refractivity contribution in [2.24, 2.45) is 0 Å². The fourth-order valence-corrected chi connectivity index (χ4v) is 3.20. The molecule has 0 aliphatic carbocycles. The first-order valence-electron chi connectivity index (χ1n) is 6.88. The zero-order chi connectivity index (χ0) is 15.0. The molecule has 1 aromatic carbocycles. The van der Waals surface area contributed by atoms with E-state index < -0.39 is 10.0 Å². The highest BCUT2D eigenvalue weighted by molar-refractivity contribution is 7.88. The highest BCUT2D eigenvalue weighted by Crippen LogP contribution is 2.27. The van der Waals surface area contributed by atoms with E-state index in [0.29, 0.717) is 13.1 Å². The lowest BCUT2D eigenvalue weighted by Crippen LogP contribution is -2.29. The lowest BCUT2D eigenvalue weighted by molar-refractivity contribution is 0.215. The number of hydrogen-bond acceptors (Lipinski definition) is 3. The average molecular weight is 297 g/mol. The summed E-state index contributed by atoms with van der Waals surface area (Å²) >= 11 is 0. The third kappa shape index (κ3) is 3.73. The molecular formula is C15H23NO3S. The average Bonchev–Trinajstić information content (AvgIpc) is 2.76. The van der Waals surface area contributed by atoms with Gasteiger partial charge < -0.3 is 4.74 Å². The van der Waals surface area contributed by atoms with Crippen molar-refractivity contribution in [3.8, 4) is 5.75 Å². The van der Waals surface area contributed by atoms with Gasteiger partial charge in [-0.05, 0) is 29.5 Å². The Kier molecular flexibility index (Phi) is 4.12. The van der Waals surface area contributed by atoms with Crippen LogP contribution in [0.25, 0.3) is 0 Å². The first kappa shape index (κ1) is 15.3. The number of hydrogen-bond donors (Lipinski definition) is 0. The Labute approximate surface area is 121 Å². The van der Waals surface area contributed by atoms with Gasteiger partial charge in [-0.1, -0.05) is 32.9 Å². The van der Waals surface area contributed by atoms with Crippen molar-refractivity contribution in [2.45, 2.75) is 38.7 Å². The summed E-state index contributed by atoms with van der Waals surface area (Å²) in [4.78, 5) is 0. The minimum absolute atomic E-state index is 0.0556. The summed E-state index contributed by atoms with van der Waals surface area (Å²) in [6.07, 6.45) is 1.93. The monoisotopic (exact) mass is 297 g/mol. The summed E-state index contributed by atoms with van der Waals surface area (Å²) in [5, 5.41) is 0. The largest absolute Gasteiger partial charge is 0.489 e. The molecule has 0 N–H and O–H groups in total. The molecule has 1 atom stereocenters. The van der Waals surface area contributed by atoms with Crippen LogP contribution in [0.15, 0.2) is 24.3 Å². The van der Waals surface area contributed by atoms with Gasteiger partial charge in [0, 0.05) is 6.54 Å². The van der Waals surface area contributed by atoms with Gasteiger partial charge in [0.05, 0.1) is 12.8 Å². The van der Waals surface area contributed by atoms with Gasteiger partial charge in [-0.2, -0.15) is 4.31 Å². The molecule has 4 nitrogen and oxygen atoms in total. The fourth-order valence-electron chi connectivity index (χ4n) is 2.32. The Morgan fingerprint density at radius 2 is 2.00 bits per heavy atom. The van der Waals surface area contributed by atoms with Gasteiger partial charge in [0.25, 0.3) is 0 Å². The highest BCUT2D eigenvalue weighted by Gasteiger charge is 2.29. The van der Waals surface area contributed by atoms with Gasteiger partial charge in [0.1, 0.15) is 11.9 Å². The van der Waals surface area contributed by atoms with Gasteiger partial charge in [0.2, 0.25) is 10.0 Å². The molecule has 0 radical (unpaired) electrons. The quantitative estimate of drug-likeness (QED) is 0.860. The molecule has 1 aliphatic heterocycles. The van der Waals surface area contributed by atoms with E-state index in [4.69, 9.17) is 4.74 Å². The predicted octanol–water partition coefficient (Wildman–Crippen LogP) is 2.40. The van der Waals surface area contributed by atoms with Crippen LogP contribution < -0.4 is 4.74 Å². The molecule has 112 valence electrons. The Morgan fingerprint density at radius 1 is 1.30 bits per heavy atom. The normalized spacial score (nSPS) is 21.1. The molecule has 0 aromatic heterocycles. The smallest absolute Gasteiger partial charge is 0.211 e. The van der Waals surface area contributed by atoms with Crippen LogP contribution in [0.5, 0.6) is 5.75 Å². The molecule has 0 spiro atoms. The first-order valence-corrected chi connectivity index (χ1v) is 8.73. The summed E-state index contributed by atoms with van der Waals surface area (Å²) in [6.45, 7) is 7.47. The number of benzene rings is 1. The minimum Gasteiger partial charge on any atom is -0.489 e. The second-order valence-corrected chi connectivity index (χ2v) is 8.41. The molecule has 1 aromatic rings. The van der Waals surface area contributed by atoms with Gasteiger partial charge in [-0.15, -0.1) is 0 Å². The van der Waals surface area contributed by atoms with Crippen molar-refractivity contribution in [1.82, 2.24) is 4.31 Å². The van der Waals surface area contributed by atoms with Crippen LogP contribution in [0.2, 0.25) is 0 Å². The Balaban J connectivity index is 2.05. The van der Waals surface area contributed by atoms with E-state index in [9.17, 15) is 8.42 Å². The highest BCUT2D eigenvalue weighted by atomic mass is 32.2. The van der Waals surface area contributed by atoms with Crippen molar-refractivity contribution in [1.29, 1.82) is 0 Å². The van der Waals surface area contributed by atoms with Crippen LogP contribution in [0.1, 0.15) is 32.8 Å². The topological polar surface area (TPSA) is 46.6 Å². The molecule has 5 heteroatoms. The molecule has 1 fully saturated rings. The minimum atomic E-state index is -3.11. The molecule has 1 unspecified atom stereocenters. The maximum absolute atomic E-state index is 11.5. The van der Waals surface area contributed by atoms with Crippen LogP contribution in [-0.4, -0.2) is 38.2 Å². The lowest BCUT2D eigenvalue weighted by atomic mass is 9.87. The van der Waals surface area contributed by atoms with E-state index in [1.54, 1.807) is 0 Å². The first-order chi connectivity index (χ1) is 9.16. The Bertz CT molecular complexity index is 575. The number of sulfonamides is 1. The molecule has 20 heavy (non-hydrogen) atoms. The number of rotatable bonds is 3. The van der Waals surface area contributed by atoms with E-state index in [0.717, 1.165) is 12.2 Å². The van der Waals surface area contributed by atoms with Crippen LogP contribution >= 0.6 is 0 Å². The summed E-state index contributed by atoms with van der Waals surface area (Å²) in [5.74, 6) is 0.817. The molecule has 1 saturated heterocycles. The van der Waals surface area contributed by atoms with E-state index in [2.05, 4.69) is 26.8 Å². The van der Waals surface area contributed by atoms with E-state index >= 15 is 0 Å². The van der Waals surface area contributed by atoms with Gasteiger partial charge >= 0.3 is 0 Å². The van der Waals surface area contributed by atoms with Crippen LogP contribution in [0.3, 0.4) is 0 Å². The van der Waals surface area contributed by atoms with Crippen LogP contribution in [0, 0.1) is 0 Å². The molecular weight excluding hydrogens is 274 g/mol. The maximum atomic E-state index is 11.5. The van der Waals surface area contributed by atoms with Gasteiger partial charge in [-0.3, -0.25) is 0 Å². The van der Waals surface area contributed by atoms with E-state index in [1.807, 2.05) is 18.2 Å². The van der Waals surface area contributed by atoms with Crippen molar-refractivity contribution in [3.05, 3.63) is 29.8 Å². The summed E-state index contributed by atoms with van der Waals surface area (Å²) in [5.41, 5.74) is 1.29. The van der Waals surface area contributed by atoms with Crippen molar-refractivity contribution >= 4 is 10.0 Å². The second-order valence-electron chi connectivity index (χ2n) is 6.43. The van der Waals surface area contributed by atoms with Gasteiger partial charge in [0.15, 0.2) is 0 Å². The third-order valence-electron chi connectivity index (χ3n) is 3.58. The molecule has 1 aliphatic rings. The predicted molar refractivity (Wildman–Crippen MR) is 80.6 cm³/mol. The summed E-state index contributed by atoms with van der Waals surface area (Å²) < 4.78 is 30.4. The summed E-state index contributed by atoms with van der Waals surface area (Å²) in [6, 6.07) is 8.05. The number of nitrogens with zero attached hydrogens (tertiary/aromatic N) is 1. The Hall–Kier alpha value is -1.07. The van der Waals surface area contributed by atoms with Crippen molar-refractivity contribution in [2.75, 3.05) is 19.3 Å². The fraction of sp³-hybridized carbons (Fsp3) is 0.600. The standard InChI is InChI=1S/C15H23NO3S/c1-15(2,3)12-6-5-7-13(10-12)19-14-8-9-16(11-14)20(4,17)18/h5-7,10,14H,8-9,11H2,1-4H3. The lowest BCUT2D eigenvalue weighted by Gasteiger charge is -2.21. The molecule has 0 saturated carbocycles. The third-order valence-corrected chi connectivity index (χ3v) is 4.85. The molecule has 0 amide bonds. The van der Waals surface area contributed by atoms with Crippen molar-refractivity contribution in [3.63, 3.8) is 0 Å². The van der Waals surface area contributed by atoms with Crippen molar-refractivity contribution < 1.29 is 13.2 Å². The molecule has 0 bridgehead atoms. The molecule has 1 heterocycles. The summed E-state index contributed by atoms with van der Waals surface area (Å²) in [7, 11) is -3.11. The van der Waals surface area contributed by atoms with E-state index in [-0.39, 0.29) is 11.5 Å². The Morgan fingerprint density at radius 3 is 2.55 bits per heavy atom. The van der Waals surface area contributed by atoms with Crippen LogP contribution in [0.4, 0.5) is 0 Å². The van der Waals surface area contributed by atoms with E-state index in [1.165, 1.54) is 16.1 Å². The SMILES string of the molecule is CC(C)(C)c1cccc(OC2CCN(S(C)(=O)=O)C2)c1. The zero-order valence-corrected chi connectivity index (χ0v) is 13.4. The second kappa shape index (κ2) is 5.37. The van der Waals surface area contributed by atoms with Gasteiger partial charge in [-0.25, -0.2) is 8.42 Å². The van der Waals surface area contributed by atoms with Crippen LogP contribution in [-0.2, 0) is 15.4 Å². The maximum Gasteiger partial charge on any atom is 0.211 e. The molecule has 2 rings (SSSR count).